The van der Waals surface area contributed by atoms with Gasteiger partial charge in [-0.15, -0.1) is 0 Å². The molecule has 3 rings (SSSR count). The number of nitrogens with zero attached hydrogens (tertiary/aromatic N) is 2. The Bertz CT molecular complexity index is 577. The predicted molar refractivity (Wildman–Crippen MR) is 72.6 cm³/mol. The van der Waals surface area contributed by atoms with Crippen LogP contribution in [-0.2, 0) is 4.79 Å². The number of anilines is 1. The van der Waals surface area contributed by atoms with E-state index in [2.05, 4.69) is 5.32 Å². The summed E-state index contributed by atoms with van der Waals surface area (Å²) in [7, 11) is 0. The summed E-state index contributed by atoms with van der Waals surface area (Å²) in [5.41, 5.74) is 0.340. The smallest absolute Gasteiger partial charge is 0.244 e. The SMILES string of the molecule is N#Cc1c(F)cccc1N1CCCC(NC2CC2)C1=O. The topological polar surface area (TPSA) is 56.1 Å². The largest absolute Gasteiger partial charge is 0.310 e. The molecule has 1 unspecified atom stereocenters. The van der Waals surface area contributed by atoms with E-state index in [-0.39, 0.29) is 17.5 Å². The molecule has 4 nitrogen and oxygen atoms in total. The molecule has 0 radical (unpaired) electrons. The summed E-state index contributed by atoms with van der Waals surface area (Å²) in [6, 6.07) is 6.53. The van der Waals surface area contributed by atoms with E-state index < -0.39 is 5.82 Å². The summed E-state index contributed by atoms with van der Waals surface area (Å²) >= 11 is 0. The van der Waals surface area contributed by atoms with E-state index in [9.17, 15) is 9.18 Å². The van der Waals surface area contributed by atoms with Crippen molar-refractivity contribution in [2.24, 2.45) is 0 Å². The lowest BCUT2D eigenvalue weighted by molar-refractivity contribution is -0.121. The number of carbonyl (C=O) groups is 1. The maximum atomic E-state index is 13.7. The molecule has 104 valence electrons. The van der Waals surface area contributed by atoms with Gasteiger partial charge < -0.3 is 10.2 Å². The highest BCUT2D eigenvalue weighted by Crippen LogP contribution is 2.28. The molecule has 1 aromatic carbocycles. The first-order valence-corrected chi connectivity index (χ1v) is 6.96. The van der Waals surface area contributed by atoms with Crippen LogP contribution in [-0.4, -0.2) is 24.5 Å². The van der Waals surface area contributed by atoms with Crippen LogP contribution >= 0.6 is 0 Å². The molecule has 1 aliphatic heterocycles. The molecule has 1 N–H and O–H groups in total. The highest BCUT2D eigenvalue weighted by atomic mass is 19.1. The first-order chi connectivity index (χ1) is 9.70. The average molecular weight is 273 g/mol. The van der Waals surface area contributed by atoms with Gasteiger partial charge >= 0.3 is 0 Å². The number of hydrogen-bond donors (Lipinski definition) is 1. The van der Waals surface area contributed by atoms with Crippen LogP contribution in [0.2, 0.25) is 0 Å². The summed E-state index contributed by atoms with van der Waals surface area (Å²) in [4.78, 5) is 14.0. The van der Waals surface area contributed by atoms with Crippen molar-refractivity contribution in [1.82, 2.24) is 5.32 Å². The van der Waals surface area contributed by atoms with Crippen LogP contribution < -0.4 is 10.2 Å². The molecule has 1 saturated carbocycles. The van der Waals surface area contributed by atoms with Gasteiger partial charge in [-0.1, -0.05) is 6.07 Å². The molecule has 0 spiro atoms. The van der Waals surface area contributed by atoms with Gasteiger partial charge in [0.05, 0.1) is 11.7 Å². The molecule has 0 bridgehead atoms. The first kappa shape index (κ1) is 13.1. The molecule has 2 fully saturated rings. The normalized spacial score (nSPS) is 22.7. The van der Waals surface area contributed by atoms with E-state index in [1.165, 1.54) is 12.1 Å². The minimum Gasteiger partial charge on any atom is -0.310 e. The Morgan fingerprint density at radius 1 is 1.35 bits per heavy atom. The number of nitriles is 1. The Morgan fingerprint density at radius 2 is 2.15 bits per heavy atom. The molecule has 1 saturated heterocycles. The van der Waals surface area contributed by atoms with Gasteiger partial charge in [-0.2, -0.15) is 5.26 Å². The van der Waals surface area contributed by atoms with Crippen molar-refractivity contribution in [3.63, 3.8) is 0 Å². The Hall–Kier alpha value is -1.93. The summed E-state index contributed by atoms with van der Waals surface area (Å²) < 4.78 is 13.7. The lowest BCUT2D eigenvalue weighted by atomic mass is 10.0. The van der Waals surface area contributed by atoms with Crippen LogP contribution in [0.5, 0.6) is 0 Å². The van der Waals surface area contributed by atoms with Gasteiger partial charge in [0.2, 0.25) is 5.91 Å². The van der Waals surface area contributed by atoms with Crippen molar-refractivity contribution >= 4 is 11.6 Å². The second-order valence-electron chi connectivity index (χ2n) is 5.37. The molecule has 0 aromatic heterocycles. The fourth-order valence-corrected chi connectivity index (χ4v) is 2.65. The number of piperidine rings is 1. The standard InChI is InChI=1S/C15H16FN3O/c16-12-3-1-5-14(11(12)9-17)19-8-2-4-13(15(19)20)18-10-6-7-10/h1,3,5,10,13,18H,2,4,6-8H2. The van der Waals surface area contributed by atoms with Crippen molar-refractivity contribution in [1.29, 1.82) is 5.26 Å². The van der Waals surface area contributed by atoms with Crippen molar-refractivity contribution < 1.29 is 9.18 Å². The molecular weight excluding hydrogens is 257 g/mol. The van der Waals surface area contributed by atoms with E-state index in [0.29, 0.717) is 18.3 Å². The predicted octanol–water partition coefficient (Wildman–Crippen LogP) is 1.94. The van der Waals surface area contributed by atoms with Crippen molar-refractivity contribution in [2.45, 2.75) is 37.8 Å². The highest BCUT2D eigenvalue weighted by Gasteiger charge is 2.34. The van der Waals surface area contributed by atoms with Gasteiger partial charge in [0.1, 0.15) is 17.4 Å². The van der Waals surface area contributed by atoms with E-state index >= 15 is 0 Å². The third-order valence-electron chi connectivity index (χ3n) is 3.85. The maximum Gasteiger partial charge on any atom is 0.244 e. The number of nitrogens with one attached hydrogen (secondary N) is 1. The lowest BCUT2D eigenvalue weighted by Crippen LogP contribution is -2.51. The van der Waals surface area contributed by atoms with Crippen LogP contribution in [0, 0.1) is 17.1 Å². The summed E-state index contributed by atoms with van der Waals surface area (Å²) in [5, 5.41) is 12.4. The Kier molecular flexibility index (Phi) is 3.41. The van der Waals surface area contributed by atoms with Crippen molar-refractivity contribution in [2.75, 3.05) is 11.4 Å². The van der Waals surface area contributed by atoms with Crippen molar-refractivity contribution in [3.05, 3.63) is 29.6 Å². The second-order valence-corrected chi connectivity index (χ2v) is 5.37. The minimum atomic E-state index is -0.574. The van der Waals surface area contributed by atoms with Gasteiger partial charge in [-0.05, 0) is 37.8 Å². The molecule has 1 aromatic rings. The number of carbonyl (C=O) groups excluding carboxylic acids is 1. The molecule has 1 heterocycles. The second kappa shape index (κ2) is 5.22. The third kappa shape index (κ3) is 2.39. The molecule has 1 atom stereocenters. The van der Waals surface area contributed by atoms with E-state index in [0.717, 1.165) is 25.7 Å². The monoisotopic (exact) mass is 273 g/mol. The van der Waals surface area contributed by atoms with E-state index in [1.807, 2.05) is 6.07 Å². The average Bonchev–Trinajstić information content (AvgIpc) is 3.25. The summed E-state index contributed by atoms with van der Waals surface area (Å²) in [6.45, 7) is 0.541. The molecule has 1 amide bonds. The zero-order chi connectivity index (χ0) is 14.1. The Balaban J connectivity index is 1.87. The fourth-order valence-electron chi connectivity index (χ4n) is 2.65. The number of rotatable bonds is 3. The summed E-state index contributed by atoms with van der Waals surface area (Å²) in [5.74, 6) is -0.625. The minimum absolute atomic E-state index is 0.0482. The van der Waals surface area contributed by atoms with Crippen molar-refractivity contribution in [3.8, 4) is 6.07 Å². The molecule has 20 heavy (non-hydrogen) atoms. The van der Waals surface area contributed by atoms with Gasteiger partial charge in [0.25, 0.3) is 0 Å². The van der Waals surface area contributed by atoms with Crippen LogP contribution in [0.1, 0.15) is 31.2 Å². The third-order valence-corrected chi connectivity index (χ3v) is 3.85. The molecule has 1 aliphatic carbocycles. The fraction of sp³-hybridized carbons (Fsp3) is 0.467. The molecule has 2 aliphatic rings. The first-order valence-electron chi connectivity index (χ1n) is 6.96. The number of halogens is 1. The number of amides is 1. The maximum absolute atomic E-state index is 13.7. The quantitative estimate of drug-likeness (QED) is 0.915. The van der Waals surface area contributed by atoms with Gasteiger partial charge in [0.15, 0.2) is 0 Å². The van der Waals surface area contributed by atoms with Gasteiger partial charge in [0, 0.05) is 12.6 Å². The zero-order valence-electron chi connectivity index (χ0n) is 11.1. The Morgan fingerprint density at radius 3 is 2.85 bits per heavy atom. The van der Waals surface area contributed by atoms with Crippen LogP contribution in [0.3, 0.4) is 0 Å². The Labute approximate surface area is 117 Å². The number of hydrogen-bond acceptors (Lipinski definition) is 3. The summed E-state index contributed by atoms with van der Waals surface area (Å²) in [6.07, 6.45) is 3.90. The molecular formula is C15H16FN3O. The van der Waals surface area contributed by atoms with Crippen LogP contribution in [0.25, 0.3) is 0 Å². The van der Waals surface area contributed by atoms with Gasteiger partial charge in [-0.3, -0.25) is 4.79 Å². The van der Waals surface area contributed by atoms with Crippen LogP contribution in [0.15, 0.2) is 18.2 Å². The zero-order valence-corrected chi connectivity index (χ0v) is 11.1. The van der Waals surface area contributed by atoms with Gasteiger partial charge in [-0.25, -0.2) is 4.39 Å². The number of benzene rings is 1. The van der Waals surface area contributed by atoms with E-state index in [4.69, 9.17) is 5.26 Å². The van der Waals surface area contributed by atoms with Crippen LogP contribution in [0.4, 0.5) is 10.1 Å². The highest BCUT2D eigenvalue weighted by molar-refractivity contribution is 5.99. The molecule has 5 heteroatoms. The lowest BCUT2D eigenvalue weighted by Gasteiger charge is -2.33. The van der Waals surface area contributed by atoms with E-state index in [1.54, 1.807) is 11.0 Å².